The number of ether oxygens (including phenoxy) is 3. The van der Waals surface area contributed by atoms with Gasteiger partial charge in [-0.15, -0.1) is 0 Å². The van der Waals surface area contributed by atoms with Gasteiger partial charge in [0, 0.05) is 19.0 Å². The molecule has 0 saturated carbocycles. The zero-order valence-corrected chi connectivity index (χ0v) is 24.8. The van der Waals surface area contributed by atoms with Gasteiger partial charge >= 0.3 is 12.1 Å². The van der Waals surface area contributed by atoms with Crippen LogP contribution in [0, 0.1) is 0 Å². The molecule has 42 heavy (non-hydrogen) atoms. The molecule has 2 N–H and O–H groups in total. The number of para-hydroxylation sites is 1. The zero-order chi connectivity index (χ0) is 30.3. The number of nitrogens with one attached hydrogen (secondary N) is 2. The maximum atomic E-state index is 12.7. The van der Waals surface area contributed by atoms with Crippen LogP contribution in [0.1, 0.15) is 68.5 Å². The number of fused-ring (bicyclic) bond motifs is 1. The number of amides is 2. The summed E-state index contributed by atoms with van der Waals surface area (Å²) in [5.74, 6) is -0.409. The average Bonchev–Trinajstić information content (AvgIpc) is 3.41. The Morgan fingerprint density at radius 3 is 2.50 bits per heavy atom. The number of esters is 1. The Balaban J connectivity index is 1.57. The summed E-state index contributed by atoms with van der Waals surface area (Å²) < 4.78 is 16.8. The van der Waals surface area contributed by atoms with Gasteiger partial charge in [-0.2, -0.15) is 0 Å². The van der Waals surface area contributed by atoms with Gasteiger partial charge in [0.15, 0.2) is 6.04 Å². The van der Waals surface area contributed by atoms with E-state index in [2.05, 4.69) is 47.1 Å². The molecule has 0 spiro atoms. The first-order valence-electron chi connectivity index (χ1n) is 14.1. The van der Waals surface area contributed by atoms with Gasteiger partial charge in [0.25, 0.3) is 0 Å². The first-order chi connectivity index (χ1) is 20.0. The summed E-state index contributed by atoms with van der Waals surface area (Å²) in [6.07, 6.45) is 4.62. The molecule has 0 heterocycles. The summed E-state index contributed by atoms with van der Waals surface area (Å²) in [6.45, 7) is 9.37. The van der Waals surface area contributed by atoms with Crippen molar-refractivity contribution in [2.45, 2.75) is 65.8 Å². The van der Waals surface area contributed by atoms with Gasteiger partial charge in [0.1, 0.15) is 18.0 Å². The number of benzene rings is 3. The lowest BCUT2D eigenvalue weighted by molar-refractivity contribution is -0.147. The molecule has 2 amide bonds. The SMILES string of the molecule is CCOC(=O)C(NC(C)=O)c1ccccc1OCc1cc2c(c(-c3cccc(CNC(=O)OC(C)(C)C)c3)c1)CC=C2. The Hall–Kier alpha value is -4.59. The fourth-order valence-electron chi connectivity index (χ4n) is 4.82. The molecule has 8 heteroatoms. The molecule has 220 valence electrons. The molecular formula is C34H38N2O6. The van der Waals surface area contributed by atoms with Crippen molar-refractivity contribution in [2.75, 3.05) is 6.61 Å². The van der Waals surface area contributed by atoms with Crippen LogP contribution in [0.3, 0.4) is 0 Å². The molecule has 8 nitrogen and oxygen atoms in total. The van der Waals surface area contributed by atoms with E-state index in [1.54, 1.807) is 25.1 Å². The van der Waals surface area contributed by atoms with Crippen LogP contribution in [0.25, 0.3) is 17.2 Å². The zero-order valence-electron chi connectivity index (χ0n) is 24.8. The van der Waals surface area contributed by atoms with Crippen LogP contribution in [0.2, 0.25) is 0 Å². The third-order valence-electron chi connectivity index (χ3n) is 6.53. The third kappa shape index (κ3) is 8.00. The summed E-state index contributed by atoms with van der Waals surface area (Å²) in [7, 11) is 0. The topological polar surface area (TPSA) is 103 Å². The van der Waals surface area contributed by atoms with Crippen LogP contribution in [0.4, 0.5) is 4.79 Å². The second-order valence-corrected chi connectivity index (χ2v) is 11.1. The molecular weight excluding hydrogens is 532 g/mol. The second-order valence-electron chi connectivity index (χ2n) is 11.1. The lowest BCUT2D eigenvalue weighted by Crippen LogP contribution is -2.33. The van der Waals surface area contributed by atoms with Gasteiger partial charge in [0.05, 0.1) is 6.61 Å². The monoisotopic (exact) mass is 570 g/mol. The highest BCUT2D eigenvalue weighted by molar-refractivity contribution is 5.85. The van der Waals surface area contributed by atoms with Crippen molar-refractivity contribution in [3.05, 3.63) is 94.6 Å². The normalized spacial score (nSPS) is 12.7. The van der Waals surface area contributed by atoms with E-state index in [1.165, 1.54) is 12.5 Å². The summed E-state index contributed by atoms with van der Waals surface area (Å²) in [5, 5.41) is 5.51. The molecule has 1 aliphatic rings. The minimum absolute atomic E-state index is 0.196. The maximum absolute atomic E-state index is 12.7. The molecule has 0 radical (unpaired) electrons. The highest BCUT2D eigenvalue weighted by atomic mass is 16.6. The smallest absolute Gasteiger partial charge is 0.407 e. The van der Waals surface area contributed by atoms with Crippen molar-refractivity contribution >= 4 is 24.0 Å². The van der Waals surface area contributed by atoms with Crippen molar-refractivity contribution in [3.63, 3.8) is 0 Å². The van der Waals surface area contributed by atoms with Gasteiger partial charge < -0.3 is 24.8 Å². The minimum Gasteiger partial charge on any atom is -0.489 e. The molecule has 0 aromatic heterocycles. The number of carbonyl (C=O) groups is 3. The predicted octanol–water partition coefficient (Wildman–Crippen LogP) is 6.27. The van der Waals surface area contributed by atoms with Gasteiger partial charge in [-0.3, -0.25) is 4.79 Å². The van der Waals surface area contributed by atoms with E-state index < -0.39 is 23.7 Å². The summed E-state index contributed by atoms with van der Waals surface area (Å²) >= 11 is 0. The molecule has 0 fully saturated rings. The van der Waals surface area contributed by atoms with Crippen molar-refractivity contribution in [1.29, 1.82) is 0 Å². The Bertz CT molecular complexity index is 1490. The summed E-state index contributed by atoms with van der Waals surface area (Å²) in [6, 6.07) is 18.5. The van der Waals surface area contributed by atoms with Crippen LogP contribution in [-0.4, -0.2) is 30.2 Å². The highest BCUT2D eigenvalue weighted by Crippen LogP contribution is 2.34. The Morgan fingerprint density at radius 2 is 1.76 bits per heavy atom. The molecule has 1 aliphatic carbocycles. The average molecular weight is 571 g/mol. The summed E-state index contributed by atoms with van der Waals surface area (Å²) in [5.41, 5.74) is 6.35. The molecule has 1 atom stereocenters. The molecule has 3 aromatic rings. The summed E-state index contributed by atoms with van der Waals surface area (Å²) in [4.78, 5) is 36.7. The second kappa shape index (κ2) is 13.4. The number of rotatable bonds is 10. The number of carbonyl (C=O) groups excluding carboxylic acids is 3. The van der Waals surface area contributed by atoms with Crippen molar-refractivity contribution < 1.29 is 28.6 Å². The van der Waals surface area contributed by atoms with Gasteiger partial charge in [-0.05, 0) is 91.8 Å². The van der Waals surface area contributed by atoms with Crippen LogP contribution in [-0.2, 0) is 38.6 Å². The van der Waals surface area contributed by atoms with E-state index in [0.717, 1.165) is 34.2 Å². The predicted molar refractivity (Wildman–Crippen MR) is 162 cm³/mol. The molecule has 3 aromatic carbocycles. The fourth-order valence-corrected chi connectivity index (χ4v) is 4.82. The molecule has 0 bridgehead atoms. The first kappa shape index (κ1) is 30.4. The standard InChI is InChI=1S/C34H38N2O6/c1-6-40-32(38)31(36-22(2)37)28-14-7-8-16-30(28)41-21-24-18-25-13-10-15-27(25)29(19-24)26-12-9-11-23(17-26)20-35-33(39)42-34(3,4)5/h7-14,16-19,31H,6,15,20-21H2,1-5H3,(H,35,39)(H,36,37). The van der Waals surface area contributed by atoms with Gasteiger partial charge in [0.2, 0.25) is 5.91 Å². The number of hydrogen-bond donors (Lipinski definition) is 2. The minimum atomic E-state index is -0.978. The van der Waals surface area contributed by atoms with Crippen LogP contribution < -0.4 is 15.4 Å². The number of hydrogen-bond acceptors (Lipinski definition) is 6. The lowest BCUT2D eigenvalue weighted by atomic mass is 9.93. The largest absolute Gasteiger partial charge is 0.489 e. The van der Waals surface area contributed by atoms with Crippen LogP contribution >= 0.6 is 0 Å². The quantitative estimate of drug-likeness (QED) is 0.279. The molecule has 1 unspecified atom stereocenters. The van der Waals surface area contributed by atoms with E-state index in [9.17, 15) is 14.4 Å². The maximum Gasteiger partial charge on any atom is 0.407 e. The van der Waals surface area contributed by atoms with E-state index in [4.69, 9.17) is 14.2 Å². The van der Waals surface area contributed by atoms with Gasteiger partial charge in [-0.25, -0.2) is 9.59 Å². The highest BCUT2D eigenvalue weighted by Gasteiger charge is 2.26. The van der Waals surface area contributed by atoms with Crippen LogP contribution in [0.5, 0.6) is 5.75 Å². The first-order valence-corrected chi connectivity index (χ1v) is 14.1. The van der Waals surface area contributed by atoms with E-state index in [0.29, 0.717) is 17.9 Å². The third-order valence-corrected chi connectivity index (χ3v) is 6.53. The lowest BCUT2D eigenvalue weighted by Gasteiger charge is -2.20. The fraction of sp³-hybridized carbons (Fsp3) is 0.324. The van der Waals surface area contributed by atoms with Crippen molar-refractivity contribution in [1.82, 2.24) is 10.6 Å². The van der Waals surface area contributed by atoms with Crippen molar-refractivity contribution in [3.8, 4) is 16.9 Å². The van der Waals surface area contributed by atoms with E-state index in [1.807, 2.05) is 39.0 Å². The van der Waals surface area contributed by atoms with Crippen molar-refractivity contribution in [2.24, 2.45) is 0 Å². The molecule has 0 aliphatic heterocycles. The molecule has 4 rings (SSSR count). The Morgan fingerprint density at radius 1 is 0.976 bits per heavy atom. The van der Waals surface area contributed by atoms with E-state index in [-0.39, 0.29) is 19.1 Å². The van der Waals surface area contributed by atoms with Crippen LogP contribution in [0.15, 0.2) is 66.7 Å². The Kier molecular flexibility index (Phi) is 9.68. The number of allylic oxidation sites excluding steroid dienone is 1. The Labute approximate surface area is 247 Å². The molecule has 0 saturated heterocycles. The van der Waals surface area contributed by atoms with Gasteiger partial charge in [-0.1, -0.05) is 48.6 Å². The number of alkyl carbamates (subject to hydrolysis) is 1. The van der Waals surface area contributed by atoms with E-state index >= 15 is 0 Å².